The predicted octanol–water partition coefficient (Wildman–Crippen LogP) is 2.26. The molecule has 2 rings (SSSR count). The third kappa shape index (κ3) is 5.61. The lowest BCUT2D eigenvalue weighted by atomic mass is 10.2. The summed E-state index contributed by atoms with van der Waals surface area (Å²) in [7, 11) is 0. The highest BCUT2D eigenvalue weighted by Crippen LogP contribution is 2.11. The molecule has 1 fully saturated rings. The lowest BCUT2D eigenvalue weighted by Crippen LogP contribution is -2.42. The maximum absolute atomic E-state index is 12.8. The van der Waals surface area contributed by atoms with Gasteiger partial charge >= 0.3 is 0 Å². The average Bonchev–Trinajstić information content (AvgIpc) is 2.95. The summed E-state index contributed by atoms with van der Waals surface area (Å²) in [6.07, 6.45) is 2.12. The van der Waals surface area contributed by atoms with E-state index >= 15 is 0 Å². The van der Waals surface area contributed by atoms with Crippen molar-refractivity contribution in [3.05, 3.63) is 30.1 Å². The van der Waals surface area contributed by atoms with Crippen molar-refractivity contribution < 1.29 is 9.18 Å². The number of carbonyl (C=O) groups is 1. The molecule has 2 N–H and O–H groups in total. The predicted molar refractivity (Wildman–Crippen MR) is 85.4 cm³/mol. The minimum absolute atomic E-state index is 0. The van der Waals surface area contributed by atoms with E-state index in [0.29, 0.717) is 18.3 Å². The van der Waals surface area contributed by atoms with Crippen LogP contribution in [0.2, 0.25) is 0 Å². The topological polar surface area (TPSA) is 44.4 Å². The molecule has 0 radical (unpaired) electrons. The van der Waals surface area contributed by atoms with Gasteiger partial charge in [0.05, 0.1) is 6.54 Å². The van der Waals surface area contributed by atoms with Crippen molar-refractivity contribution in [1.29, 1.82) is 0 Å². The quantitative estimate of drug-likeness (QED) is 0.846. The molecule has 1 aromatic carbocycles. The minimum Gasteiger partial charge on any atom is -0.325 e. The van der Waals surface area contributed by atoms with Gasteiger partial charge in [0.1, 0.15) is 5.82 Å². The molecule has 1 unspecified atom stereocenters. The van der Waals surface area contributed by atoms with Crippen molar-refractivity contribution in [2.24, 2.45) is 0 Å². The van der Waals surface area contributed by atoms with Crippen molar-refractivity contribution >= 4 is 24.0 Å². The van der Waals surface area contributed by atoms with Gasteiger partial charge in [0.2, 0.25) is 5.91 Å². The van der Waals surface area contributed by atoms with Crippen LogP contribution in [0, 0.1) is 5.82 Å². The highest BCUT2D eigenvalue weighted by molar-refractivity contribution is 5.92. The Balaban J connectivity index is 0.00000220. The number of hydrogen-bond donors (Lipinski definition) is 2. The summed E-state index contributed by atoms with van der Waals surface area (Å²) in [4.78, 5) is 14.3. The zero-order chi connectivity index (χ0) is 14.4. The van der Waals surface area contributed by atoms with Crippen molar-refractivity contribution in [3.8, 4) is 0 Å². The van der Waals surface area contributed by atoms with Crippen LogP contribution in [0.1, 0.15) is 19.8 Å². The Morgan fingerprint density at radius 1 is 1.43 bits per heavy atom. The van der Waals surface area contributed by atoms with Crippen LogP contribution in [0.25, 0.3) is 0 Å². The molecule has 1 saturated heterocycles. The number of hydrogen-bond acceptors (Lipinski definition) is 3. The molecular weight excluding hydrogens is 293 g/mol. The molecule has 1 aromatic rings. The summed E-state index contributed by atoms with van der Waals surface area (Å²) in [6, 6.07) is 6.29. The molecule has 0 saturated carbocycles. The second-order valence-electron chi connectivity index (χ2n) is 5.17. The molecule has 1 amide bonds. The summed E-state index contributed by atoms with van der Waals surface area (Å²) in [5.41, 5.74) is 0.636. The SMILES string of the molecule is CCCN(CC(=O)Nc1ccc(F)cc1)C1CCNC1.Cl. The molecule has 0 aliphatic carbocycles. The van der Waals surface area contributed by atoms with Gasteiger partial charge in [0.15, 0.2) is 0 Å². The number of nitrogens with one attached hydrogen (secondary N) is 2. The molecule has 0 spiro atoms. The first-order valence-corrected chi connectivity index (χ1v) is 7.19. The zero-order valence-corrected chi connectivity index (χ0v) is 13.1. The summed E-state index contributed by atoms with van der Waals surface area (Å²) >= 11 is 0. The number of amides is 1. The van der Waals surface area contributed by atoms with Crippen molar-refractivity contribution in [3.63, 3.8) is 0 Å². The lowest BCUT2D eigenvalue weighted by Gasteiger charge is -2.27. The van der Waals surface area contributed by atoms with Crippen LogP contribution < -0.4 is 10.6 Å². The van der Waals surface area contributed by atoms with Crippen LogP contribution in [-0.4, -0.2) is 43.0 Å². The van der Waals surface area contributed by atoms with Gasteiger partial charge in [0.25, 0.3) is 0 Å². The molecule has 0 aromatic heterocycles. The van der Waals surface area contributed by atoms with Crippen LogP contribution in [0.4, 0.5) is 10.1 Å². The smallest absolute Gasteiger partial charge is 0.238 e. The van der Waals surface area contributed by atoms with E-state index in [1.165, 1.54) is 12.1 Å². The molecular formula is C15H23ClFN3O. The highest BCUT2D eigenvalue weighted by Gasteiger charge is 2.23. The van der Waals surface area contributed by atoms with Gasteiger partial charge in [-0.15, -0.1) is 12.4 Å². The van der Waals surface area contributed by atoms with Gasteiger partial charge in [-0.1, -0.05) is 6.92 Å². The molecule has 0 bridgehead atoms. The Morgan fingerprint density at radius 3 is 2.71 bits per heavy atom. The zero-order valence-electron chi connectivity index (χ0n) is 12.3. The molecule has 118 valence electrons. The molecule has 1 aliphatic rings. The van der Waals surface area contributed by atoms with Gasteiger partial charge in [0, 0.05) is 18.3 Å². The standard InChI is InChI=1S/C15H22FN3O.ClH/c1-2-9-19(14-7-8-17-10-14)11-15(20)18-13-5-3-12(16)4-6-13;/h3-6,14,17H,2,7-11H2,1H3,(H,18,20);1H. The van der Waals surface area contributed by atoms with E-state index in [4.69, 9.17) is 0 Å². The second-order valence-corrected chi connectivity index (χ2v) is 5.17. The number of rotatable bonds is 6. The third-order valence-corrected chi connectivity index (χ3v) is 3.54. The molecule has 1 atom stereocenters. The van der Waals surface area contributed by atoms with Crippen molar-refractivity contribution in [2.45, 2.75) is 25.8 Å². The van der Waals surface area contributed by atoms with Gasteiger partial charge in [-0.25, -0.2) is 4.39 Å². The Kier molecular flexibility index (Phi) is 7.64. The Hall–Kier alpha value is -1.17. The summed E-state index contributed by atoms with van der Waals surface area (Å²) < 4.78 is 12.8. The van der Waals surface area contributed by atoms with E-state index < -0.39 is 0 Å². The van der Waals surface area contributed by atoms with Crippen molar-refractivity contribution in [2.75, 3.05) is 31.5 Å². The molecule has 6 heteroatoms. The lowest BCUT2D eigenvalue weighted by molar-refractivity contribution is -0.117. The molecule has 1 aliphatic heterocycles. The summed E-state index contributed by atoms with van der Waals surface area (Å²) in [6.45, 7) is 5.39. The third-order valence-electron chi connectivity index (χ3n) is 3.54. The monoisotopic (exact) mass is 315 g/mol. The fourth-order valence-electron chi connectivity index (χ4n) is 2.55. The van der Waals surface area contributed by atoms with E-state index in [0.717, 1.165) is 32.5 Å². The average molecular weight is 316 g/mol. The summed E-state index contributed by atoms with van der Waals surface area (Å²) in [5.74, 6) is -0.343. The first-order chi connectivity index (χ1) is 9.69. The Bertz CT molecular complexity index is 435. The van der Waals surface area contributed by atoms with Crippen LogP contribution in [0.15, 0.2) is 24.3 Å². The van der Waals surface area contributed by atoms with Crippen LogP contribution in [-0.2, 0) is 4.79 Å². The first-order valence-electron chi connectivity index (χ1n) is 7.19. The second kappa shape index (κ2) is 8.97. The molecule has 4 nitrogen and oxygen atoms in total. The fraction of sp³-hybridized carbons (Fsp3) is 0.533. The Labute approximate surface area is 131 Å². The molecule has 21 heavy (non-hydrogen) atoms. The van der Waals surface area contributed by atoms with Gasteiger partial charge in [-0.05, 0) is 50.2 Å². The number of halogens is 2. The van der Waals surface area contributed by atoms with Crippen molar-refractivity contribution in [1.82, 2.24) is 10.2 Å². The van der Waals surface area contributed by atoms with Crippen LogP contribution >= 0.6 is 12.4 Å². The van der Waals surface area contributed by atoms with Gasteiger partial charge < -0.3 is 10.6 Å². The van der Waals surface area contributed by atoms with Gasteiger partial charge in [-0.3, -0.25) is 9.69 Å². The Morgan fingerprint density at radius 2 is 2.14 bits per heavy atom. The van der Waals surface area contributed by atoms with Gasteiger partial charge in [-0.2, -0.15) is 0 Å². The summed E-state index contributed by atoms with van der Waals surface area (Å²) in [5, 5.41) is 6.14. The normalized spacial score (nSPS) is 17.6. The number of anilines is 1. The fourth-order valence-corrected chi connectivity index (χ4v) is 2.55. The highest BCUT2D eigenvalue weighted by atomic mass is 35.5. The van der Waals surface area contributed by atoms with Crippen LogP contribution in [0.3, 0.4) is 0 Å². The van der Waals surface area contributed by atoms with E-state index in [9.17, 15) is 9.18 Å². The number of nitrogens with zero attached hydrogens (tertiary/aromatic N) is 1. The number of benzene rings is 1. The van der Waals surface area contributed by atoms with E-state index in [-0.39, 0.29) is 24.1 Å². The maximum Gasteiger partial charge on any atom is 0.238 e. The first kappa shape index (κ1) is 17.9. The van der Waals surface area contributed by atoms with Crippen LogP contribution in [0.5, 0.6) is 0 Å². The minimum atomic E-state index is -0.298. The largest absolute Gasteiger partial charge is 0.325 e. The van der Waals surface area contributed by atoms with E-state index in [1.54, 1.807) is 12.1 Å². The van der Waals surface area contributed by atoms with E-state index in [1.807, 2.05) is 0 Å². The molecule has 1 heterocycles. The maximum atomic E-state index is 12.8. The van der Waals surface area contributed by atoms with E-state index in [2.05, 4.69) is 22.5 Å². The number of carbonyl (C=O) groups excluding carboxylic acids is 1.